The summed E-state index contributed by atoms with van der Waals surface area (Å²) in [5.41, 5.74) is 9.83. The highest BCUT2D eigenvalue weighted by molar-refractivity contribution is 7.93. The van der Waals surface area contributed by atoms with E-state index < -0.39 is 10.0 Å². The van der Waals surface area contributed by atoms with Crippen molar-refractivity contribution in [2.75, 3.05) is 16.6 Å². The molecule has 0 spiro atoms. The number of hydrogen-bond donors (Lipinski definition) is 1. The second kappa shape index (κ2) is 7.90. The molecule has 28 heavy (non-hydrogen) atoms. The fourth-order valence-electron chi connectivity index (χ4n) is 3.21. The number of nitrogens with zero attached hydrogens (tertiary/aromatic N) is 3. The average molecular weight is 421 g/mol. The van der Waals surface area contributed by atoms with Gasteiger partial charge in [0.15, 0.2) is 0 Å². The molecule has 2 aromatic carbocycles. The van der Waals surface area contributed by atoms with Crippen molar-refractivity contribution in [2.45, 2.75) is 19.9 Å². The number of benzene rings is 2. The van der Waals surface area contributed by atoms with E-state index >= 15 is 0 Å². The summed E-state index contributed by atoms with van der Waals surface area (Å²) in [6.45, 7) is 2.90. The van der Waals surface area contributed by atoms with Gasteiger partial charge in [-0.15, -0.1) is 12.4 Å². The second-order valence-electron chi connectivity index (χ2n) is 6.57. The first kappa shape index (κ1) is 20.3. The van der Waals surface area contributed by atoms with Crippen molar-refractivity contribution < 1.29 is 12.9 Å². The molecule has 2 N–H and O–H groups in total. The van der Waals surface area contributed by atoms with E-state index in [0.29, 0.717) is 36.9 Å². The summed E-state index contributed by atoms with van der Waals surface area (Å²) < 4.78 is 31.1. The molecule has 1 fully saturated rings. The number of anilines is 1. The van der Waals surface area contributed by atoms with Gasteiger partial charge in [-0.05, 0) is 42.7 Å². The molecule has 2 heterocycles. The molecule has 0 unspecified atom stereocenters. The van der Waals surface area contributed by atoms with Crippen molar-refractivity contribution in [3.8, 4) is 22.8 Å². The second-order valence-corrected chi connectivity index (χ2v) is 8.58. The number of sulfonamides is 1. The molecule has 0 saturated carbocycles. The summed E-state index contributed by atoms with van der Waals surface area (Å²) in [7, 11) is -3.20. The average Bonchev–Trinajstić information content (AvgIpc) is 3.28. The number of aromatic nitrogens is 2. The summed E-state index contributed by atoms with van der Waals surface area (Å²) in [4.78, 5) is 4.48. The van der Waals surface area contributed by atoms with Gasteiger partial charge in [0.1, 0.15) is 0 Å². The van der Waals surface area contributed by atoms with Crippen LogP contribution in [0.25, 0.3) is 22.8 Å². The Hall–Kier alpha value is -2.42. The van der Waals surface area contributed by atoms with E-state index in [1.165, 1.54) is 4.31 Å². The quantitative estimate of drug-likeness (QED) is 0.695. The van der Waals surface area contributed by atoms with Crippen molar-refractivity contribution in [2.24, 2.45) is 5.73 Å². The van der Waals surface area contributed by atoms with Crippen molar-refractivity contribution >= 4 is 28.1 Å². The van der Waals surface area contributed by atoms with Gasteiger partial charge in [0, 0.05) is 24.2 Å². The zero-order valence-corrected chi connectivity index (χ0v) is 17.0. The van der Waals surface area contributed by atoms with E-state index in [-0.39, 0.29) is 18.2 Å². The standard InChI is InChI=1S/C19H20N4O3S.ClH/c1-13-11-16(23-9-2-10-27(23,24)25)7-8-17(13)19-21-18(22-26-19)15-5-3-14(12-20)4-6-15;/h3-8,11H,2,9-10,12,20H2,1H3;1H. The first-order valence-electron chi connectivity index (χ1n) is 8.72. The van der Waals surface area contributed by atoms with Gasteiger partial charge < -0.3 is 10.3 Å². The van der Waals surface area contributed by atoms with Crippen LogP contribution in [0, 0.1) is 6.92 Å². The van der Waals surface area contributed by atoms with Gasteiger partial charge in [-0.1, -0.05) is 29.4 Å². The van der Waals surface area contributed by atoms with Gasteiger partial charge >= 0.3 is 0 Å². The predicted molar refractivity (Wildman–Crippen MR) is 111 cm³/mol. The van der Waals surface area contributed by atoms with Crippen LogP contribution in [0.4, 0.5) is 5.69 Å². The number of halogens is 1. The zero-order valence-electron chi connectivity index (χ0n) is 15.3. The maximum atomic E-state index is 12.1. The SMILES string of the molecule is Cc1cc(N2CCCS2(=O)=O)ccc1-c1nc(-c2ccc(CN)cc2)no1.Cl. The molecule has 0 atom stereocenters. The smallest absolute Gasteiger partial charge is 0.258 e. The molecular formula is C19H21ClN4O3S. The number of nitrogens with two attached hydrogens (primary N) is 1. The maximum absolute atomic E-state index is 12.1. The first-order valence-corrected chi connectivity index (χ1v) is 10.3. The molecule has 1 saturated heterocycles. The monoisotopic (exact) mass is 420 g/mol. The lowest BCUT2D eigenvalue weighted by Crippen LogP contribution is -2.25. The lowest BCUT2D eigenvalue weighted by Gasteiger charge is -2.17. The normalized spacial score (nSPS) is 15.4. The molecule has 148 valence electrons. The van der Waals surface area contributed by atoms with E-state index in [1.807, 2.05) is 43.3 Å². The molecule has 7 nitrogen and oxygen atoms in total. The Labute approximate surface area is 170 Å². The lowest BCUT2D eigenvalue weighted by atomic mass is 10.1. The van der Waals surface area contributed by atoms with Gasteiger partial charge in [0.25, 0.3) is 5.89 Å². The van der Waals surface area contributed by atoms with Crippen LogP contribution in [0.2, 0.25) is 0 Å². The molecule has 0 radical (unpaired) electrons. The molecule has 1 aliphatic heterocycles. The van der Waals surface area contributed by atoms with Crippen LogP contribution in [0.5, 0.6) is 0 Å². The minimum Gasteiger partial charge on any atom is -0.334 e. The third kappa shape index (κ3) is 3.76. The minimum absolute atomic E-state index is 0. The summed E-state index contributed by atoms with van der Waals surface area (Å²) in [5.74, 6) is 1.10. The Morgan fingerprint density at radius 1 is 1.18 bits per heavy atom. The molecule has 9 heteroatoms. The number of hydrogen-bond acceptors (Lipinski definition) is 6. The van der Waals surface area contributed by atoms with Crippen LogP contribution < -0.4 is 10.0 Å². The summed E-state index contributed by atoms with van der Waals surface area (Å²) >= 11 is 0. The molecule has 0 amide bonds. The van der Waals surface area contributed by atoms with Crippen molar-refractivity contribution in [3.05, 3.63) is 53.6 Å². The Bertz CT molecular complexity index is 1080. The molecule has 1 aliphatic rings. The molecule has 0 aliphatic carbocycles. The van der Waals surface area contributed by atoms with Crippen molar-refractivity contribution in [1.29, 1.82) is 0 Å². The number of rotatable bonds is 4. The van der Waals surface area contributed by atoms with Gasteiger partial charge in [-0.3, -0.25) is 4.31 Å². The highest BCUT2D eigenvalue weighted by Crippen LogP contribution is 2.31. The fourth-order valence-corrected chi connectivity index (χ4v) is 4.77. The van der Waals surface area contributed by atoms with Crippen LogP contribution in [0.3, 0.4) is 0 Å². The van der Waals surface area contributed by atoms with Gasteiger partial charge in [-0.25, -0.2) is 8.42 Å². The van der Waals surface area contributed by atoms with Gasteiger partial charge in [0.2, 0.25) is 15.8 Å². The van der Waals surface area contributed by atoms with Crippen LogP contribution >= 0.6 is 12.4 Å². The van der Waals surface area contributed by atoms with Gasteiger partial charge in [-0.2, -0.15) is 4.98 Å². The number of aryl methyl sites for hydroxylation is 1. The van der Waals surface area contributed by atoms with Crippen LogP contribution in [-0.2, 0) is 16.6 Å². The highest BCUT2D eigenvalue weighted by Gasteiger charge is 2.28. The van der Waals surface area contributed by atoms with Crippen molar-refractivity contribution in [3.63, 3.8) is 0 Å². The molecule has 4 rings (SSSR count). The summed E-state index contributed by atoms with van der Waals surface area (Å²) in [5, 5.41) is 4.06. The van der Waals surface area contributed by atoms with E-state index in [9.17, 15) is 8.42 Å². The van der Waals surface area contributed by atoms with E-state index in [0.717, 1.165) is 22.3 Å². The Balaban J connectivity index is 0.00000225. The van der Waals surface area contributed by atoms with E-state index in [2.05, 4.69) is 10.1 Å². The van der Waals surface area contributed by atoms with Gasteiger partial charge in [0.05, 0.1) is 11.4 Å². The third-order valence-electron chi connectivity index (χ3n) is 4.70. The van der Waals surface area contributed by atoms with E-state index in [4.69, 9.17) is 10.3 Å². The maximum Gasteiger partial charge on any atom is 0.258 e. The zero-order chi connectivity index (χ0) is 19.0. The molecule has 3 aromatic rings. The first-order chi connectivity index (χ1) is 13.0. The largest absolute Gasteiger partial charge is 0.334 e. The third-order valence-corrected chi connectivity index (χ3v) is 6.57. The minimum atomic E-state index is -3.20. The Kier molecular flexibility index (Phi) is 5.74. The summed E-state index contributed by atoms with van der Waals surface area (Å²) in [6.07, 6.45) is 0.652. The van der Waals surface area contributed by atoms with Crippen LogP contribution in [0.1, 0.15) is 17.5 Å². The van der Waals surface area contributed by atoms with Crippen molar-refractivity contribution in [1.82, 2.24) is 10.1 Å². The molecular weight excluding hydrogens is 400 g/mol. The van der Waals surface area contributed by atoms with Crippen LogP contribution in [-0.4, -0.2) is 30.9 Å². The fraction of sp³-hybridized carbons (Fsp3) is 0.263. The van der Waals surface area contributed by atoms with E-state index in [1.54, 1.807) is 6.07 Å². The highest BCUT2D eigenvalue weighted by atomic mass is 35.5. The Morgan fingerprint density at radius 2 is 1.93 bits per heavy atom. The summed E-state index contributed by atoms with van der Waals surface area (Å²) in [6, 6.07) is 13.1. The molecule has 0 bridgehead atoms. The van der Waals surface area contributed by atoms with Crippen LogP contribution in [0.15, 0.2) is 47.0 Å². The topological polar surface area (TPSA) is 102 Å². The lowest BCUT2D eigenvalue weighted by molar-refractivity contribution is 0.432. The molecule has 1 aromatic heterocycles. The predicted octanol–water partition coefficient (Wildman–Crippen LogP) is 3.13. The Morgan fingerprint density at radius 3 is 2.54 bits per heavy atom.